The van der Waals surface area contributed by atoms with Gasteiger partial charge in [-0.15, -0.1) is 0 Å². The number of hydrogen-bond donors (Lipinski definition) is 1. The Morgan fingerprint density at radius 1 is 1.39 bits per heavy atom. The molecule has 6 heteroatoms. The molecule has 0 aromatic heterocycles. The summed E-state index contributed by atoms with van der Waals surface area (Å²) in [7, 11) is 1.58. The Hall–Kier alpha value is -1.87. The Morgan fingerprint density at radius 3 is 2.61 bits per heavy atom. The van der Waals surface area contributed by atoms with Crippen LogP contribution in [0.5, 0.6) is 0 Å². The molecule has 0 saturated heterocycles. The van der Waals surface area contributed by atoms with Crippen molar-refractivity contribution < 1.29 is 9.59 Å². The number of amides is 2. The summed E-state index contributed by atoms with van der Waals surface area (Å²) in [5.74, 6) is -0.516. The van der Waals surface area contributed by atoms with Crippen molar-refractivity contribution in [2.45, 2.75) is 32.6 Å². The summed E-state index contributed by atoms with van der Waals surface area (Å²) in [5, 5.41) is 12.2. The lowest BCUT2D eigenvalue weighted by Gasteiger charge is -2.26. The van der Waals surface area contributed by atoms with Crippen molar-refractivity contribution in [2.24, 2.45) is 5.41 Å². The number of aryl methyl sites for hydroxylation is 1. The second-order valence-corrected chi connectivity index (χ2v) is 6.99. The molecule has 122 valence electrons. The van der Waals surface area contributed by atoms with Crippen LogP contribution < -0.4 is 5.32 Å². The van der Waals surface area contributed by atoms with Gasteiger partial charge >= 0.3 is 0 Å². The van der Waals surface area contributed by atoms with Crippen molar-refractivity contribution in [2.75, 3.05) is 18.9 Å². The van der Waals surface area contributed by atoms with E-state index in [4.69, 9.17) is 0 Å². The molecule has 1 aliphatic carbocycles. The SMILES string of the molecule is Cc1cc(Br)ccc1NC(=O)CN(C)C(=O)C1(C#N)CCCC1. The number of anilines is 1. The molecule has 2 amide bonds. The smallest absolute Gasteiger partial charge is 0.243 e. The zero-order valence-corrected chi connectivity index (χ0v) is 14.9. The van der Waals surface area contributed by atoms with Crippen molar-refractivity contribution in [1.29, 1.82) is 5.26 Å². The van der Waals surface area contributed by atoms with Crippen LogP contribution in [0.1, 0.15) is 31.2 Å². The summed E-state index contributed by atoms with van der Waals surface area (Å²) >= 11 is 3.38. The average Bonchev–Trinajstić information content (AvgIpc) is 2.99. The number of nitrogens with one attached hydrogen (secondary N) is 1. The molecule has 1 aromatic rings. The highest BCUT2D eigenvalue weighted by Gasteiger charge is 2.43. The van der Waals surface area contributed by atoms with Gasteiger partial charge in [0.15, 0.2) is 0 Å². The van der Waals surface area contributed by atoms with Gasteiger partial charge in [-0.2, -0.15) is 5.26 Å². The van der Waals surface area contributed by atoms with Crippen LogP contribution in [0, 0.1) is 23.7 Å². The quantitative estimate of drug-likeness (QED) is 0.874. The predicted octanol–water partition coefficient (Wildman–Crippen LogP) is 3.24. The molecule has 23 heavy (non-hydrogen) atoms. The molecular weight excluding hydrogens is 358 g/mol. The second-order valence-electron chi connectivity index (χ2n) is 6.07. The fourth-order valence-corrected chi connectivity index (χ4v) is 3.44. The summed E-state index contributed by atoms with van der Waals surface area (Å²) in [5.41, 5.74) is 0.712. The Kier molecular flexibility index (Phi) is 5.42. The molecule has 0 unspecified atom stereocenters. The van der Waals surface area contributed by atoms with Gasteiger partial charge in [0, 0.05) is 17.2 Å². The minimum Gasteiger partial charge on any atom is -0.335 e. The molecular formula is C17H20BrN3O2. The van der Waals surface area contributed by atoms with Gasteiger partial charge in [-0.1, -0.05) is 28.8 Å². The van der Waals surface area contributed by atoms with E-state index in [1.54, 1.807) is 7.05 Å². The van der Waals surface area contributed by atoms with Crippen LogP contribution in [0.4, 0.5) is 5.69 Å². The van der Waals surface area contributed by atoms with Crippen LogP contribution in [0.2, 0.25) is 0 Å². The number of carbonyl (C=O) groups excluding carboxylic acids is 2. The normalized spacial score (nSPS) is 15.7. The lowest BCUT2D eigenvalue weighted by molar-refractivity contribution is -0.139. The van der Waals surface area contributed by atoms with Gasteiger partial charge in [-0.05, 0) is 43.5 Å². The second kappa shape index (κ2) is 7.14. The maximum absolute atomic E-state index is 12.5. The molecule has 0 atom stereocenters. The Bertz CT molecular complexity index is 660. The summed E-state index contributed by atoms with van der Waals surface area (Å²) in [6, 6.07) is 7.74. The molecule has 1 aromatic carbocycles. The average molecular weight is 378 g/mol. The molecule has 1 fully saturated rings. The van der Waals surface area contributed by atoms with Crippen molar-refractivity contribution >= 4 is 33.4 Å². The van der Waals surface area contributed by atoms with Crippen LogP contribution in [0.3, 0.4) is 0 Å². The number of hydrogen-bond acceptors (Lipinski definition) is 3. The first kappa shape index (κ1) is 17.5. The minimum absolute atomic E-state index is 0.0578. The van der Waals surface area contributed by atoms with E-state index in [2.05, 4.69) is 27.3 Å². The zero-order valence-electron chi connectivity index (χ0n) is 13.4. The molecule has 0 radical (unpaired) electrons. The van der Waals surface area contributed by atoms with Gasteiger partial charge in [-0.25, -0.2) is 0 Å². The molecule has 2 rings (SSSR count). The van der Waals surface area contributed by atoms with Gasteiger partial charge in [0.1, 0.15) is 5.41 Å². The van der Waals surface area contributed by atoms with E-state index in [-0.39, 0.29) is 18.4 Å². The molecule has 5 nitrogen and oxygen atoms in total. The van der Waals surface area contributed by atoms with E-state index in [1.807, 2.05) is 25.1 Å². The van der Waals surface area contributed by atoms with Crippen LogP contribution in [-0.4, -0.2) is 30.3 Å². The highest BCUT2D eigenvalue weighted by Crippen LogP contribution is 2.38. The zero-order chi connectivity index (χ0) is 17.0. The first-order valence-corrected chi connectivity index (χ1v) is 8.40. The Labute approximate surface area is 144 Å². The summed E-state index contributed by atoms with van der Waals surface area (Å²) in [6.07, 6.45) is 2.94. The first-order chi connectivity index (χ1) is 10.9. The summed E-state index contributed by atoms with van der Waals surface area (Å²) in [4.78, 5) is 26.0. The third-order valence-corrected chi connectivity index (χ3v) is 4.76. The third-order valence-electron chi connectivity index (χ3n) is 4.27. The summed E-state index contributed by atoms with van der Waals surface area (Å²) < 4.78 is 0.942. The van der Waals surface area contributed by atoms with E-state index in [9.17, 15) is 14.9 Å². The number of benzene rings is 1. The standard InChI is InChI=1S/C17H20BrN3O2/c1-12-9-13(18)5-6-14(12)20-15(22)10-21(2)16(23)17(11-19)7-3-4-8-17/h5-6,9H,3-4,7-8,10H2,1-2H3,(H,20,22). The van der Waals surface area contributed by atoms with E-state index in [0.717, 1.165) is 28.6 Å². The van der Waals surface area contributed by atoms with Crippen LogP contribution >= 0.6 is 15.9 Å². The van der Waals surface area contributed by atoms with E-state index in [1.165, 1.54) is 4.90 Å². The molecule has 1 N–H and O–H groups in total. The largest absolute Gasteiger partial charge is 0.335 e. The monoisotopic (exact) mass is 377 g/mol. The molecule has 1 saturated carbocycles. The highest BCUT2D eigenvalue weighted by atomic mass is 79.9. The maximum atomic E-state index is 12.5. The first-order valence-electron chi connectivity index (χ1n) is 7.61. The lowest BCUT2D eigenvalue weighted by atomic mass is 9.86. The van der Waals surface area contributed by atoms with Gasteiger partial charge in [0.05, 0.1) is 12.6 Å². The number of rotatable bonds is 4. The highest BCUT2D eigenvalue weighted by molar-refractivity contribution is 9.10. The molecule has 0 spiro atoms. The van der Waals surface area contributed by atoms with Crippen molar-refractivity contribution in [3.05, 3.63) is 28.2 Å². The number of likely N-dealkylation sites (N-methyl/N-ethyl adjacent to an activating group) is 1. The van der Waals surface area contributed by atoms with Gasteiger partial charge < -0.3 is 10.2 Å². The predicted molar refractivity (Wildman–Crippen MR) is 91.7 cm³/mol. The van der Waals surface area contributed by atoms with E-state index >= 15 is 0 Å². The van der Waals surface area contributed by atoms with Crippen molar-refractivity contribution in [1.82, 2.24) is 4.90 Å². The van der Waals surface area contributed by atoms with Gasteiger partial charge in [0.2, 0.25) is 11.8 Å². The molecule has 1 aliphatic rings. The van der Waals surface area contributed by atoms with Crippen molar-refractivity contribution in [3.8, 4) is 6.07 Å². The fourth-order valence-electron chi connectivity index (χ4n) is 2.96. The number of nitrogens with zero attached hydrogens (tertiary/aromatic N) is 2. The van der Waals surface area contributed by atoms with Crippen LogP contribution in [0.25, 0.3) is 0 Å². The minimum atomic E-state index is -0.942. The number of carbonyl (C=O) groups is 2. The van der Waals surface area contributed by atoms with E-state index in [0.29, 0.717) is 12.8 Å². The third kappa shape index (κ3) is 3.91. The van der Waals surface area contributed by atoms with Gasteiger partial charge in [-0.3, -0.25) is 9.59 Å². The molecule has 0 heterocycles. The summed E-state index contributed by atoms with van der Waals surface area (Å²) in [6.45, 7) is 1.84. The topological polar surface area (TPSA) is 73.2 Å². The Morgan fingerprint density at radius 2 is 2.04 bits per heavy atom. The number of halogens is 1. The molecule has 0 aliphatic heterocycles. The Balaban J connectivity index is 1.99. The van der Waals surface area contributed by atoms with Gasteiger partial charge in [0.25, 0.3) is 0 Å². The number of nitriles is 1. The lowest BCUT2D eigenvalue weighted by Crippen LogP contribution is -2.43. The van der Waals surface area contributed by atoms with E-state index < -0.39 is 5.41 Å². The molecule has 0 bridgehead atoms. The maximum Gasteiger partial charge on any atom is 0.243 e. The van der Waals surface area contributed by atoms with Crippen LogP contribution in [-0.2, 0) is 9.59 Å². The van der Waals surface area contributed by atoms with Crippen molar-refractivity contribution in [3.63, 3.8) is 0 Å². The fraction of sp³-hybridized carbons (Fsp3) is 0.471. The van der Waals surface area contributed by atoms with Crippen LogP contribution in [0.15, 0.2) is 22.7 Å².